The van der Waals surface area contributed by atoms with Crippen molar-refractivity contribution >= 4 is 10.0 Å². The lowest BCUT2D eigenvalue weighted by atomic mass is 9.84. The highest BCUT2D eigenvalue weighted by molar-refractivity contribution is 7.89. The van der Waals surface area contributed by atoms with E-state index in [4.69, 9.17) is 5.21 Å². The van der Waals surface area contributed by atoms with Gasteiger partial charge in [0.15, 0.2) is 0 Å². The van der Waals surface area contributed by atoms with Crippen LogP contribution in [0, 0.1) is 0 Å². The largest absolute Gasteiger partial charge is 0.302 e. The lowest BCUT2D eigenvalue weighted by Crippen LogP contribution is -2.19. The molecule has 0 saturated heterocycles. The van der Waals surface area contributed by atoms with Gasteiger partial charge in [-0.05, 0) is 36.5 Å². The molecule has 0 spiro atoms. The molecule has 94 valence electrons. The SMILES string of the molecule is O=S(=O)(NO)c1ccc(C2CCCCC2)cc1. The van der Waals surface area contributed by atoms with Crippen LogP contribution >= 0.6 is 0 Å². The molecule has 1 aliphatic carbocycles. The summed E-state index contributed by atoms with van der Waals surface area (Å²) in [7, 11) is -3.74. The summed E-state index contributed by atoms with van der Waals surface area (Å²) in [6, 6.07) is 6.78. The van der Waals surface area contributed by atoms with Crippen molar-refractivity contribution in [3.05, 3.63) is 29.8 Å². The summed E-state index contributed by atoms with van der Waals surface area (Å²) in [6.07, 6.45) is 6.18. The topological polar surface area (TPSA) is 66.4 Å². The van der Waals surface area contributed by atoms with Crippen LogP contribution in [-0.2, 0) is 10.0 Å². The minimum atomic E-state index is -3.74. The first-order valence-corrected chi connectivity index (χ1v) is 7.37. The Morgan fingerprint density at radius 3 is 2.18 bits per heavy atom. The Balaban J connectivity index is 2.18. The van der Waals surface area contributed by atoms with E-state index < -0.39 is 10.0 Å². The predicted molar refractivity (Wildman–Crippen MR) is 64.4 cm³/mol. The molecule has 0 heterocycles. The summed E-state index contributed by atoms with van der Waals surface area (Å²) >= 11 is 0. The fraction of sp³-hybridized carbons (Fsp3) is 0.500. The summed E-state index contributed by atoms with van der Waals surface area (Å²) in [5.41, 5.74) is 1.20. The maximum absolute atomic E-state index is 11.3. The molecule has 17 heavy (non-hydrogen) atoms. The third-order valence-electron chi connectivity index (χ3n) is 3.39. The molecule has 0 bridgehead atoms. The maximum Gasteiger partial charge on any atom is 0.262 e. The molecule has 0 radical (unpaired) electrons. The van der Waals surface area contributed by atoms with Crippen LogP contribution in [0.15, 0.2) is 29.2 Å². The first kappa shape index (κ1) is 12.5. The highest BCUT2D eigenvalue weighted by Crippen LogP contribution is 2.32. The highest BCUT2D eigenvalue weighted by Gasteiger charge is 2.17. The zero-order chi connectivity index (χ0) is 12.3. The average Bonchev–Trinajstić information content (AvgIpc) is 2.40. The van der Waals surface area contributed by atoms with Crippen molar-refractivity contribution in [1.82, 2.24) is 4.89 Å². The van der Waals surface area contributed by atoms with Crippen LogP contribution in [0.4, 0.5) is 0 Å². The van der Waals surface area contributed by atoms with Gasteiger partial charge in [-0.2, -0.15) is 0 Å². The Hall–Kier alpha value is -0.910. The van der Waals surface area contributed by atoms with Crippen LogP contribution in [-0.4, -0.2) is 13.6 Å². The molecule has 1 aromatic rings. The van der Waals surface area contributed by atoms with Gasteiger partial charge in [0, 0.05) is 0 Å². The molecule has 0 unspecified atom stereocenters. The smallest absolute Gasteiger partial charge is 0.262 e. The van der Waals surface area contributed by atoms with Gasteiger partial charge >= 0.3 is 0 Å². The second-order valence-electron chi connectivity index (χ2n) is 4.50. The predicted octanol–water partition coefficient (Wildman–Crippen LogP) is 2.40. The third-order valence-corrected chi connectivity index (χ3v) is 4.52. The van der Waals surface area contributed by atoms with Crippen LogP contribution in [0.2, 0.25) is 0 Å². The van der Waals surface area contributed by atoms with Gasteiger partial charge in [-0.3, -0.25) is 0 Å². The molecular formula is C12H17NO3S. The van der Waals surface area contributed by atoms with Gasteiger partial charge in [-0.25, -0.2) is 8.42 Å². The highest BCUT2D eigenvalue weighted by atomic mass is 32.2. The van der Waals surface area contributed by atoms with Gasteiger partial charge in [0.25, 0.3) is 10.0 Å². The van der Waals surface area contributed by atoms with Crippen molar-refractivity contribution in [2.24, 2.45) is 0 Å². The van der Waals surface area contributed by atoms with E-state index in [0.717, 1.165) is 0 Å². The van der Waals surface area contributed by atoms with Crippen molar-refractivity contribution in [2.75, 3.05) is 0 Å². The molecule has 0 aromatic heterocycles. The van der Waals surface area contributed by atoms with Gasteiger partial charge in [0.1, 0.15) is 0 Å². The molecule has 1 aliphatic rings. The van der Waals surface area contributed by atoms with Gasteiger partial charge in [-0.1, -0.05) is 36.3 Å². The van der Waals surface area contributed by atoms with E-state index in [2.05, 4.69) is 0 Å². The minimum Gasteiger partial charge on any atom is -0.302 e. The van der Waals surface area contributed by atoms with Crippen molar-refractivity contribution in [3.8, 4) is 0 Å². The van der Waals surface area contributed by atoms with E-state index in [1.807, 2.05) is 12.1 Å². The van der Waals surface area contributed by atoms with E-state index >= 15 is 0 Å². The standard InChI is InChI=1S/C12H17NO3S/c14-13-17(15,16)12-8-6-11(7-9-12)10-4-2-1-3-5-10/h6-10,13-14H,1-5H2. The first-order chi connectivity index (χ1) is 8.13. The molecule has 0 aliphatic heterocycles. The lowest BCUT2D eigenvalue weighted by Gasteiger charge is -2.21. The average molecular weight is 255 g/mol. The Bertz CT molecular complexity index is 461. The van der Waals surface area contributed by atoms with E-state index in [1.165, 1.54) is 42.6 Å². The monoisotopic (exact) mass is 255 g/mol. The Labute approximate surface area is 102 Å². The second-order valence-corrected chi connectivity index (χ2v) is 6.16. The van der Waals surface area contributed by atoms with Crippen LogP contribution in [0.3, 0.4) is 0 Å². The van der Waals surface area contributed by atoms with Gasteiger partial charge in [-0.15, -0.1) is 0 Å². The Morgan fingerprint density at radius 2 is 1.65 bits per heavy atom. The van der Waals surface area contributed by atoms with Gasteiger partial charge in [0.2, 0.25) is 0 Å². The van der Waals surface area contributed by atoms with Crippen molar-refractivity contribution < 1.29 is 13.6 Å². The number of hydrogen-bond donors (Lipinski definition) is 2. The van der Waals surface area contributed by atoms with Crippen molar-refractivity contribution in [1.29, 1.82) is 0 Å². The van der Waals surface area contributed by atoms with Crippen LogP contribution < -0.4 is 4.89 Å². The molecule has 0 atom stereocenters. The Morgan fingerprint density at radius 1 is 1.06 bits per heavy atom. The molecule has 2 N–H and O–H groups in total. The molecule has 1 fully saturated rings. The van der Waals surface area contributed by atoms with Crippen LogP contribution in [0.1, 0.15) is 43.6 Å². The summed E-state index contributed by atoms with van der Waals surface area (Å²) in [5.74, 6) is 0.558. The summed E-state index contributed by atoms with van der Waals surface area (Å²) in [4.78, 5) is 1.43. The molecule has 2 rings (SSSR count). The summed E-state index contributed by atoms with van der Waals surface area (Å²) < 4.78 is 22.7. The van der Waals surface area contributed by atoms with Crippen LogP contribution in [0.25, 0.3) is 0 Å². The molecule has 4 nitrogen and oxygen atoms in total. The fourth-order valence-electron chi connectivity index (χ4n) is 2.41. The van der Waals surface area contributed by atoms with Crippen molar-refractivity contribution in [2.45, 2.75) is 42.9 Å². The quantitative estimate of drug-likeness (QED) is 0.815. The number of nitrogens with one attached hydrogen (secondary N) is 1. The zero-order valence-electron chi connectivity index (χ0n) is 9.59. The van der Waals surface area contributed by atoms with E-state index in [1.54, 1.807) is 12.1 Å². The Kier molecular flexibility index (Phi) is 3.81. The summed E-state index contributed by atoms with van der Waals surface area (Å²) in [6.45, 7) is 0. The van der Waals surface area contributed by atoms with Crippen LogP contribution in [0.5, 0.6) is 0 Å². The normalized spacial score (nSPS) is 18.2. The number of sulfonamides is 1. The fourth-order valence-corrected chi connectivity index (χ4v) is 3.01. The molecule has 0 amide bonds. The number of hydrogen-bond acceptors (Lipinski definition) is 3. The molecule has 5 heteroatoms. The van der Waals surface area contributed by atoms with E-state index in [9.17, 15) is 8.42 Å². The van der Waals surface area contributed by atoms with Crippen molar-refractivity contribution in [3.63, 3.8) is 0 Å². The minimum absolute atomic E-state index is 0.0968. The first-order valence-electron chi connectivity index (χ1n) is 5.89. The molecular weight excluding hydrogens is 238 g/mol. The maximum atomic E-state index is 11.3. The lowest BCUT2D eigenvalue weighted by molar-refractivity contribution is 0.242. The van der Waals surface area contributed by atoms with E-state index in [-0.39, 0.29) is 4.90 Å². The molecule has 1 aromatic carbocycles. The second kappa shape index (κ2) is 5.16. The third kappa shape index (κ3) is 2.86. The molecule has 1 saturated carbocycles. The van der Waals surface area contributed by atoms with E-state index in [0.29, 0.717) is 5.92 Å². The number of benzene rings is 1. The number of rotatable bonds is 3. The van der Waals surface area contributed by atoms with Gasteiger partial charge < -0.3 is 5.21 Å². The zero-order valence-corrected chi connectivity index (χ0v) is 10.4. The summed E-state index contributed by atoms with van der Waals surface area (Å²) in [5, 5.41) is 8.53. The van der Waals surface area contributed by atoms with Gasteiger partial charge in [0.05, 0.1) is 4.90 Å².